The number of carbonyl (C=O) groups is 1. The van der Waals surface area contributed by atoms with Crippen molar-refractivity contribution >= 4 is 16.8 Å². The maximum absolute atomic E-state index is 12.7. The summed E-state index contributed by atoms with van der Waals surface area (Å²) in [6.45, 7) is 2.30. The number of amides is 1. The van der Waals surface area contributed by atoms with Gasteiger partial charge in [0.05, 0.1) is 11.6 Å². The van der Waals surface area contributed by atoms with Crippen LogP contribution in [0.4, 0.5) is 0 Å². The first-order chi connectivity index (χ1) is 12.7. The average Bonchev–Trinajstić information content (AvgIpc) is 2.68. The Balaban J connectivity index is 1.79. The quantitative estimate of drug-likeness (QED) is 0.711. The van der Waals surface area contributed by atoms with Crippen molar-refractivity contribution < 1.29 is 4.79 Å². The van der Waals surface area contributed by atoms with Crippen LogP contribution in [-0.4, -0.2) is 15.5 Å². The summed E-state index contributed by atoms with van der Waals surface area (Å²) in [5.41, 5.74) is 1.74. The number of para-hydroxylation sites is 1. The minimum Gasteiger partial charge on any atom is -0.348 e. The summed E-state index contributed by atoms with van der Waals surface area (Å²) in [6.07, 6.45) is 8.18. The van der Waals surface area contributed by atoms with E-state index < -0.39 is 0 Å². The largest absolute Gasteiger partial charge is 0.348 e. The first kappa shape index (κ1) is 17.9. The lowest BCUT2D eigenvalue weighted by Crippen LogP contribution is -2.32. The normalized spacial score (nSPS) is 12.0. The molecule has 0 unspecified atom stereocenters. The molecular formula is C21H23N3O2. The standard InChI is InChI=1S/C21H23N3O2/c1-2-3-9-18(16-7-6-12-22-14-16)23-21(26)15-24-13-11-20(25)17-8-4-5-10-19(17)24/h4-8,10-14,18H,2-3,9,15H2,1H3,(H,23,26)/t18-/m0/s1. The summed E-state index contributed by atoms with van der Waals surface area (Å²) >= 11 is 0. The lowest BCUT2D eigenvalue weighted by molar-refractivity contribution is -0.122. The van der Waals surface area contributed by atoms with Crippen LogP contribution >= 0.6 is 0 Å². The van der Waals surface area contributed by atoms with Crippen LogP contribution in [0.2, 0.25) is 0 Å². The number of hydrogen-bond acceptors (Lipinski definition) is 3. The van der Waals surface area contributed by atoms with Gasteiger partial charge in [-0.1, -0.05) is 38.0 Å². The van der Waals surface area contributed by atoms with Crippen molar-refractivity contribution in [1.82, 2.24) is 14.9 Å². The molecule has 1 amide bonds. The van der Waals surface area contributed by atoms with Gasteiger partial charge >= 0.3 is 0 Å². The molecule has 0 radical (unpaired) electrons. The molecule has 0 saturated heterocycles. The molecular weight excluding hydrogens is 326 g/mol. The van der Waals surface area contributed by atoms with Gasteiger partial charge in [0.25, 0.3) is 0 Å². The Morgan fingerprint density at radius 3 is 2.81 bits per heavy atom. The summed E-state index contributed by atoms with van der Waals surface area (Å²) in [5, 5.41) is 3.74. The number of aromatic nitrogens is 2. The monoisotopic (exact) mass is 349 g/mol. The van der Waals surface area contributed by atoms with E-state index in [1.807, 2.05) is 34.9 Å². The Bertz CT molecular complexity index is 935. The van der Waals surface area contributed by atoms with Crippen molar-refractivity contribution in [3.05, 3.63) is 76.8 Å². The Morgan fingerprint density at radius 1 is 1.19 bits per heavy atom. The van der Waals surface area contributed by atoms with Crippen LogP contribution in [0.3, 0.4) is 0 Å². The maximum Gasteiger partial charge on any atom is 0.240 e. The predicted molar refractivity (Wildman–Crippen MR) is 103 cm³/mol. The molecule has 0 spiro atoms. The molecule has 0 bridgehead atoms. The number of carbonyl (C=O) groups excluding carboxylic acids is 1. The second-order valence-electron chi connectivity index (χ2n) is 6.37. The van der Waals surface area contributed by atoms with Gasteiger partial charge in [-0.2, -0.15) is 0 Å². The van der Waals surface area contributed by atoms with E-state index in [-0.39, 0.29) is 23.9 Å². The van der Waals surface area contributed by atoms with Gasteiger partial charge in [0, 0.05) is 30.0 Å². The Hall–Kier alpha value is -2.95. The minimum atomic E-state index is -0.0799. The number of fused-ring (bicyclic) bond motifs is 1. The van der Waals surface area contributed by atoms with Crippen molar-refractivity contribution in [1.29, 1.82) is 0 Å². The second kappa shape index (κ2) is 8.43. The molecule has 0 aliphatic rings. The van der Waals surface area contributed by atoms with Crippen LogP contribution < -0.4 is 10.7 Å². The van der Waals surface area contributed by atoms with Gasteiger partial charge in [-0.15, -0.1) is 0 Å². The molecule has 3 aromatic rings. The molecule has 5 nitrogen and oxygen atoms in total. The lowest BCUT2D eigenvalue weighted by Gasteiger charge is -2.19. The number of unbranched alkanes of at least 4 members (excludes halogenated alkanes) is 1. The van der Waals surface area contributed by atoms with E-state index in [0.29, 0.717) is 5.39 Å². The van der Waals surface area contributed by atoms with E-state index >= 15 is 0 Å². The molecule has 2 heterocycles. The van der Waals surface area contributed by atoms with Crippen molar-refractivity contribution in [3.63, 3.8) is 0 Å². The first-order valence-corrected chi connectivity index (χ1v) is 8.96. The van der Waals surface area contributed by atoms with E-state index in [4.69, 9.17) is 0 Å². The van der Waals surface area contributed by atoms with Crippen molar-refractivity contribution in [2.75, 3.05) is 0 Å². The fourth-order valence-corrected chi connectivity index (χ4v) is 3.11. The molecule has 0 aliphatic heterocycles. The minimum absolute atomic E-state index is 0.0339. The second-order valence-corrected chi connectivity index (χ2v) is 6.37. The van der Waals surface area contributed by atoms with Crippen molar-refractivity contribution in [3.8, 4) is 0 Å². The zero-order chi connectivity index (χ0) is 18.4. The van der Waals surface area contributed by atoms with Crippen LogP contribution in [0.25, 0.3) is 10.9 Å². The van der Waals surface area contributed by atoms with Gasteiger partial charge < -0.3 is 9.88 Å². The number of benzene rings is 1. The molecule has 134 valence electrons. The smallest absolute Gasteiger partial charge is 0.240 e. The molecule has 1 N–H and O–H groups in total. The zero-order valence-corrected chi connectivity index (χ0v) is 14.9. The predicted octanol–water partition coefficient (Wildman–Crippen LogP) is 3.44. The van der Waals surface area contributed by atoms with Crippen LogP contribution in [-0.2, 0) is 11.3 Å². The van der Waals surface area contributed by atoms with Gasteiger partial charge in [-0.3, -0.25) is 14.6 Å². The van der Waals surface area contributed by atoms with E-state index in [2.05, 4.69) is 17.2 Å². The molecule has 0 saturated carbocycles. The molecule has 5 heteroatoms. The molecule has 1 atom stereocenters. The number of hydrogen-bond donors (Lipinski definition) is 1. The summed E-state index contributed by atoms with van der Waals surface area (Å²) in [6, 6.07) is 12.7. The zero-order valence-electron chi connectivity index (χ0n) is 14.9. The molecule has 2 aromatic heterocycles. The van der Waals surface area contributed by atoms with Gasteiger partial charge in [-0.25, -0.2) is 0 Å². The lowest BCUT2D eigenvalue weighted by atomic mass is 10.0. The number of pyridine rings is 2. The summed E-state index contributed by atoms with van der Waals surface area (Å²) in [4.78, 5) is 28.8. The maximum atomic E-state index is 12.7. The molecule has 0 fully saturated rings. The SMILES string of the molecule is CCCC[C@H](NC(=O)Cn1ccc(=O)c2ccccc21)c1cccnc1. The summed E-state index contributed by atoms with van der Waals surface area (Å²) < 4.78 is 1.81. The molecule has 26 heavy (non-hydrogen) atoms. The van der Waals surface area contributed by atoms with Gasteiger partial charge in [0.2, 0.25) is 5.91 Å². The fraction of sp³-hybridized carbons (Fsp3) is 0.286. The van der Waals surface area contributed by atoms with Gasteiger partial charge in [0.15, 0.2) is 5.43 Å². The van der Waals surface area contributed by atoms with E-state index in [1.165, 1.54) is 6.07 Å². The van der Waals surface area contributed by atoms with E-state index in [9.17, 15) is 9.59 Å². The number of nitrogens with zero attached hydrogens (tertiary/aromatic N) is 2. The van der Waals surface area contributed by atoms with Crippen LogP contribution in [0.15, 0.2) is 65.8 Å². The highest BCUT2D eigenvalue weighted by molar-refractivity contribution is 5.82. The average molecular weight is 349 g/mol. The Morgan fingerprint density at radius 2 is 2.04 bits per heavy atom. The van der Waals surface area contributed by atoms with Crippen LogP contribution in [0.5, 0.6) is 0 Å². The third-order valence-corrected chi connectivity index (χ3v) is 4.47. The third-order valence-electron chi connectivity index (χ3n) is 4.47. The number of nitrogens with one attached hydrogen (secondary N) is 1. The third kappa shape index (κ3) is 4.17. The van der Waals surface area contributed by atoms with Crippen molar-refractivity contribution in [2.45, 2.75) is 38.8 Å². The highest BCUT2D eigenvalue weighted by atomic mass is 16.2. The molecule has 3 rings (SSSR count). The Kier molecular flexibility index (Phi) is 5.79. The Labute approximate surface area is 152 Å². The topological polar surface area (TPSA) is 64.0 Å². The van der Waals surface area contributed by atoms with Gasteiger partial charge in [0.1, 0.15) is 6.54 Å². The van der Waals surface area contributed by atoms with Gasteiger partial charge in [-0.05, 0) is 30.2 Å². The highest BCUT2D eigenvalue weighted by Crippen LogP contribution is 2.18. The van der Waals surface area contributed by atoms with Crippen LogP contribution in [0, 0.1) is 0 Å². The van der Waals surface area contributed by atoms with E-state index in [1.54, 1.807) is 24.7 Å². The molecule has 0 aliphatic carbocycles. The van der Waals surface area contributed by atoms with E-state index in [0.717, 1.165) is 30.3 Å². The summed E-state index contributed by atoms with van der Waals surface area (Å²) in [7, 11) is 0. The number of rotatable bonds is 7. The van der Waals surface area contributed by atoms with Crippen molar-refractivity contribution in [2.24, 2.45) is 0 Å². The molecule has 1 aromatic carbocycles. The van der Waals surface area contributed by atoms with Crippen LogP contribution in [0.1, 0.15) is 37.8 Å². The summed E-state index contributed by atoms with van der Waals surface area (Å²) in [5.74, 6) is -0.0799. The first-order valence-electron chi connectivity index (χ1n) is 8.96. The highest BCUT2D eigenvalue weighted by Gasteiger charge is 2.15. The fourth-order valence-electron chi connectivity index (χ4n) is 3.11.